The predicted molar refractivity (Wildman–Crippen MR) is 117 cm³/mol. The lowest BCUT2D eigenvalue weighted by molar-refractivity contribution is 0.100. The van der Waals surface area contributed by atoms with Crippen molar-refractivity contribution in [2.45, 2.75) is 0 Å². The number of nitrogens with one attached hydrogen (secondary N) is 1. The monoisotopic (exact) mass is 381 g/mol. The average molecular weight is 381 g/mol. The molecular formula is C24H19N3O2. The molecule has 0 saturated heterocycles. The number of aromatic nitrogens is 1. The van der Waals surface area contributed by atoms with Crippen molar-refractivity contribution in [3.63, 3.8) is 0 Å². The number of para-hydroxylation sites is 1. The zero-order valence-electron chi connectivity index (χ0n) is 15.6. The Kier molecular flexibility index (Phi) is 4.71. The lowest BCUT2D eigenvalue weighted by Crippen LogP contribution is -2.14. The van der Waals surface area contributed by atoms with E-state index in [1.54, 1.807) is 0 Å². The number of benzene rings is 3. The highest BCUT2D eigenvalue weighted by Gasteiger charge is 2.13. The van der Waals surface area contributed by atoms with Crippen LogP contribution in [-0.4, -0.2) is 16.0 Å². The van der Waals surface area contributed by atoms with Crippen molar-refractivity contribution in [1.82, 2.24) is 4.98 Å². The molecule has 0 unspecified atom stereocenters. The van der Waals surface area contributed by atoms with Crippen molar-refractivity contribution in [2.24, 2.45) is 5.73 Å². The van der Waals surface area contributed by atoms with Crippen LogP contribution in [0.25, 0.3) is 27.8 Å². The van der Waals surface area contributed by atoms with Gasteiger partial charge in [-0.3, -0.25) is 9.78 Å². The largest absolute Gasteiger partial charge is 0.508 e. The third-order valence-electron chi connectivity index (χ3n) is 4.75. The zero-order chi connectivity index (χ0) is 20.4. The van der Waals surface area contributed by atoms with Crippen LogP contribution in [0.5, 0.6) is 0 Å². The number of aliphatic hydroxyl groups is 1. The van der Waals surface area contributed by atoms with Gasteiger partial charge in [0.1, 0.15) is 5.76 Å². The molecule has 4 aromatic rings. The second kappa shape index (κ2) is 7.48. The van der Waals surface area contributed by atoms with Crippen molar-refractivity contribution < 1.29 is 9.90 Å². The number of carbonyl (C=O) groups is 1. The number of hydrogen-bond donors (Lipinski definition) is 3. The molecule has 0 fully saturated rings. The van der Waals surface area contributed by atoms with Crippen molar-refractivity contribution in [3.05, 3.63) is 96.7 Å². The highest BCUT2D eigenvalue weighted by atomic mass is 16.3. The average Bonchev–Trinajstić information content (AvgIpc) is 2.74. The summed E-state index contributed by atoms with van der Waals surface area (Å²) >= 11 is 0. The van der Waals surface area contributed by atoms with Crippen LogP contribution in [0.4, 0.5) is 11.4 Å². The number of nitrogens with two attached hydrogens (primary N) is 1. The molecule has 4 rings (SSSR count). The van der Waals surface area contributed by atoms with Crippen LogP contribution in [0.15, 0.2) is 85.6 Å². The van der Waals surface area contributed by atoms with Gasteiger partial charge in [0.15, 0.2) is 0 Å². The van der Waals surface area contributed by atoms with Crippen molar-refractivity contribution in [3.8, 4) is 11.1 Å². The van der Waals surface area contributed by atoms with Crippen LogP contribution in [0, 0.1) is 0 Å². The quantitative estimate of drug-likeness (QED) is 0.411. The van der Waals surface area contributed by atoms with Crippen LogP contribution in [0.3, 0.4) is 0 Å². The van der Waals surface area contributed by atoms with Crippen molar-refractivity contribution in [2.75, 3.05) is 5.32 Å². The summed E-state index contributed by atoms with van der Waals surface area (Å²) in [5.41, 5.74) is 10.9. The summed E-state index contributed by atoms with van der Waals surface area (Å²) < 4.78 is 0. The summed E-state index contributed by atoms with van der Waals surface area (Å²) in [6.07, 6.45) is 1.50. The van der Waals surface area contributed by atoms with E-state index in [4.69, 9.17) is 5.73 Å². The molecular weight excluding hydrogens is 362 g/mol. The number of amides is 1. The number of hydrogen-bond acceptors (Lipinski definition) is 4. The molecule has 0 aliphatic rings. The van der Waals surface area contributed by atoms with Gasteiger partial charge < -0.3 is 16.2 Å². The fourth-order valence-corrected chi connectivity index (χ4v) is 3.21. The van der Waals surface area contributed by atoms with Gasteiger partial charge in [-0.1, -0.05) is 61.2 Å². The summed E-state index contributed by atoms with van der Waals surface area (Å²) in [6, 6.07) is 22.9. The number of aliphatic hydroxyl groups excluding tert-OH is 1. The van der Waals surface area contributed by atoms with Gasteiger partial charge in [0.2, 0.25) is 0 Å². The molecule has 0 aliphatic heterocycles. The molecule has 4 N–H and O–H groups in total. The minimum absolute atomic E-state index is 0.0472. The Morgan fingerprint density at radius 3 is 2.17 bits per heavy atom. The predicted octanol–water partition coefficient (Wildman–Crippen LogP) is 5.27. The first-order chi connectivity index (χ1) is 14.0. The van der Waals surface area contributed by atoms with Crippen molar-refractivity contribution in [1.29, 1.82) is 0 Å². The van der Waals surface area contributed by atoms with Gasteiger partial charge in [-0.2, -0.15) is 0 Å². The summed E-state index contributed by atoms with van der Waals surface area (Å²) in [4.78, 5) is 16.2. The number of nitrogens with zero attached hydrogens (tertiary/aromatic N) is 1. The van der Waals surface area contributed by atoms with Crippen LogP contribution in [0.1, 0.15) is 15.9 Å². The van der Waals surface area contributed by atoms with E-state index < -0.39 is 5.91 Å². The van der Waals surface area contributed by atoms with Gasteiger partial charge in [-0.05, 0) is 29.3 Å². The van der Waals surface area contributed by atoms with Crippen LogP contribution >= 0.6 is 0 Å². The molecule has 0 atom stereocenters. The van der Waals surface area contributed by atoms with Crippen LogP contribution in [0.2, 0.25) is 0 Å². The minimum atomic E-state index is -0.534. The highest BCUT2D eigenvalue weighted by molar-refractivity contribution is 6.07. The lowest BCUT2D eigenvalue weighted by atomic mass is 10.0. The molecule has 1 heterocycles. The van der Waals surface area contributed by atoms with E-state index in [0.717, 1.165) is 27.7 Å². The minimum Gasteiger partial charge on any atom is -0.508 e. The van der Waals surface area contributed by atoms with E-state index in [-0.39, 0.29) is 5.76 Å². The van der Waals surface area contributed by atoms with Crippen LogP contribution < -0.4 is 11.1 Å². The number of fused-ring (bicyclic) bond motifs is 1. The smallest absolute Gasteiger partial charge is 0.252 e. The summed E-state index contributed by atoms with van der Waals surface area (Å²) in [5.74, 6) is -0.487. The van der Waals surface area contributed by atoms with Gasteiger partial charge in [-0.15, -0.1) is 0 Å². The first kappa shape index (κ1) is 18.3. The molecule has 29 heavy (non-hydrogen) atoms. The zero-order valence-corrected chi connectivity index (χ0v) is 15.6. The maximum atomic E-state index is 11.9. The summed E-state index contributed by atoms with van der Waals surface area (Å²) in [5, 5.41) is 13.6. The number of primary amides is 1. The molecule has 5 heteroatoms. The molecule has 0 bridgehead atoms. The Morgan fingerprint density at radius 1 is 0.931 bits per heavy atom. The highest BCUT2D eigenvalue weighted by Crippen LogP contribution is 2.30. The first-order valence-corrected chi connectivity index (χ1v) is 9.06. The van der Waals surface area contributed by atoms with Crippen molar-refractivity contribution >= 4 is 33.9 Å². The number of anilines is 2. The molecule has 0 spiro atoms. The van der Waals surface area contributed by atoms with E-state index in [2.05, 4.69) is 16.9 Å². The molecule has 5 nitrogen and oxygen atoms in total. The molecule has 0 radical (unpaired) electrons. The second-order valence-corrected chi connectivity index (χ2v) is 6.65. The fraction of sp³-hybridized carbons (Fsp3) is 0. The van der Waals surface area contributed by atoms with Crippen LogP contribution in [-0.2, 0) is 0 Å². The Morgan fingerprint density at radius 2 is 1.55 bits per heavy atom. The van der Waals surface area contributed by atoms with Gasteiger partial charge in [0, 0.05) is 22.8 Å². The Labute approximate surface area is 168 Å². The normalized spacial score (nSPS) is 10.6. The van der Waals surface area contributed by atoms with E-state index >= 15 is 0 Å². The molecule has 0 aliphatic carbocycles. The van der Waals surface area contributed by atoms with E-state index in [9.17, 15) is 9.90 Å². The Hall–Kier alpha value is -4.12. The molecule has 3 aromatic carbocycles. The molecule has 142 valence electrons. The Balaban J connectivity index is 1.66. The number of carbonyl (C=O) groups excluding carboxylic acids is 1. The molecule has 1 aromatic heterocycles. The molecule has 1 amide bonds. The Bertz CT molecular complexity index is 1210. The standard InChI is InChI=1S/C24H19N3O2/c1-15(28)16-6-8-17(9-7-16)18-10-12-19(13-11-18)27-23-20-4-2-3-5-22(20)26-14-21(23)24(25)29/h2-14,28H,1H2,(H2,25,29)(H,26,27). The summed E-state index contributed by atoms with van der Waals surface area (Å²) in [7, 11) is 0. The SMILES string of the molecule is C=C(O)c1ccc(-c2ccc(Nc3c(C(N)=O)cnc4ccccc34)cc2)cc1. The van der Waals surface area contributed by atoms with E-state index in [1.165, 1.54) is 6.20 Å². The topological polar surface area (TPSA) is 88.2 Å². The number of pyridine rings is 1. The fourth-order valence-electron chi connectivity index (χ4n) is 3.21. The number of rotatable bonds is 5. The van der Waals surface area contributed by atoms with E-state index in [0.29, 0.717) is 16.8 Å². The first-order valence-electron chi connectivity index (χ1n) is 9.06. The molecule has 0 saturated carbocycles. The van der Waals surface area contributed by atoms with Gasteiger partial charge in [0.05, 0.1) is 16.8 Å². The second-order valence-electron chi connectivity index (χ2n) is 6.65. The third kappa shape index (κ3) is 3.66. The van der Waals surface area contributed by atoms with Gasteiger partial charge in [-0.25, -0.2) is 0 Å². The van der Waals surface area contributed by atoms with E-state index in [1.807, 2.05) is 72.8 Å². The third-order valence-corrected chi connectivity index (χ3v) is 4.75. The van der Waals surface area contributed by atoms with Gasteiger partial charge in [0.25, 0.3) is 5.91 Å². The maximum absolute atomic E-state index is 11.9. The van der Waals surface area contributed by atoms with Gasteiger partial charge >= 0.3 is 0 Å². The maximum Gasteiger partial charge on any atom is 0.252 e. The summed E-state index contributed by atoms with van der Waals surface area (Å²) in [6.45, 7) is 3.53. The lowest BCUT2D eigenvalue weighted by Gasteiger charge is -2.13.